The smallest absolute Gasteiger partial charge is 0.356 e. The van der Waals surface area contributed by atoms with Crippen molar-refractivity contribution in [3.8, 4) is 0 Å². The second-order valence-corrected chi connectivity index (χ2v) is 4.24. The minimum absolute atomic E-state index is 0.181. The van der Waals surface area contributed by atoms with Crippen molar-refractivity contribution in [1.82, 2.24) is 14.8 Å². The highest BCUT2D eigenvalue weighted by Crippen LogP contribution is 2.21. The molecule has 0 radical (unpaired) electrons. The zero-order valence-electron chi connectivity index (χ0n) is 11.9. The van der Waals surface area contributed by atoms with Crippen molar-refractivity contribution >= 4 is 23.2 Å². The Morgan fingerprint density at radius 1 is 1.43 bits per heavy atom. The number of nitrogen functional groups attached to an aromatic ring is 1. The molecule has 0 aromatic carbocycles. The standard InChI is InChI=1S/C13H17N5O3/c1-20-6-5-18-8-9(7-15-18)16-12-10(14)3-4-11(17-12)13(19)21-2/h3-4,7-8H,5-6,14H2,1-2H3,(H,16,17). The van der Waals surface area contributed by atoms with Gasteiger partial charge >= 0.3 is 5.97 Å². The molecule has 0 amide bonds. The van der Waals surface area contributed by atoms with Crippen LogP contribution in [0, 0.1) is 0 Å². The molecular formula is C13H17N5O3. The second-order valence-electron chi connectivity index (χ2n) is 4.24. The first-order chi connectivity index (χ1) is 10.1. The third-order valence-corrected chi connectivity index (χ3v) is 2.74. The van der Waals surface area contributed by atoms with Gasteiger partial charge in [-0.3, -0.25) is 4.68 Å². The summed E-state index contributed by atoms with van der Waals surface area (Å²) in [5, 5.41) is 7.19. The maximum atomic E-state index is 11.5. The molecule has 0 saturated carbocycles. The average Bonchev–Trinajstić information content (AvgIpc) is 2.94. The number of carbonyl (C=O) groups is 1. The monoisotopic (exact) mass is 291 g/mol. The van der Waals surface area contributed by atoms with E-state index in [4.69, 9.17) is 10.5 Å². The number of ether oxygens (including phenoxy) is 2. The zero-order valence-corrected chi connectivity index (χ0v) is 11.9. The fourth-order valence-corrected chi connectivity index (χ4v) is 1.66. The first-order valence-electron chi connectivity index (χ1n) is 6.27. The van der Waals surface area contributed by atoms with Crippen molar-refractivity contribution in [2.45, 2.75) is 6.54 Å². The highest BCUT2D eigenvalue weighted by Gasteiger charge is 2.11. The van der Waals surface area contributed by atoms with Crippen LogP contribution in [0.25, 0.3) is 0 Å². The molecule has 2 heterocycles. The summed E-state index contributed by atoms with van der Waals surface area (Å²) in [5.74, 6) is -0.141. The maximum absolute atomic E-state index is 11.5. The number of nitrogens with two attached hydrogens (primary N) is 1. The Labute approximate surface area is 121 Å². The number of carbonyl (C=O) groups excluding carboxylic acids is 1. The van der Waals surface area contributed by atoms with Crippen molar-refractivity contribution in [1.29, 1.82) is 0 Å². The number of anilines is 3. The lowest BCUT2D eigenvalue weighted by atomic mass is 10.3. The lowest BCUT2D eigenvalue weighted by Crippen LogP contribution is -2.07. The predicted octanol–water partition coefficient (Wildman–Crippen LogP) is 1.04. The molecule has 8 nitrogen and oxygen atoms in total. The Morgan fingerprint density at radius 3 is 2.95 bits per heavy atom. The summed E-state index contributed by atoms with van der Waals surface area (Å²) in [5.41, 5.74) is 7.16. The highest BCUT2D eigenvalue weighted by molar-refractivity contribution is 5.88. The molecule has 0 fully saturated rings. The molecule has 112 valence electrons. The van der Waals surface area contributed by atoms with Gasteiger partial charge in [0.05, 0.1) is 37.8 Å². The van der Waals surface area contributed by atoms with Crippen molar-refractivity contribution in [2.24, 2.45) is 0 Å². The number of nitrogens with zero attached hydrogens (tertiary/aromatic N) is 3. The van der Waals surface area contributed by atoms with Gasteiger partial charge in [-0.15, -0.1) is 0 Å². The molecule has 8 heteroatoms. The summed E-state index contributed by atoms with van der Waals surface area (Å²) in [6.45, 7) is 1.21. The van der Waals surface area contributed by atoms with E-state index in [1.807, 2.05) is 0 Å². The van der Waals surface area contributed by atoms with Crippen LogP contribution in [0.3, 0.4) is 0 Å². The third kappa shape index (κ3) is 3.69. The minimum Gasteiger partial charge on any atom is -0.464 e. The van der Waals surface area contributed by atoms with Crippen LogP contribution in [0.4, 0.5) is 17.2 Å². The third-order valence-electron chi connectivity index (χ3n) is 2.74. The SMILES string of the molecule is COCCn1cc(Nc2nc(C(=O)OC)ccc2N)cn1. The quantitative estimate of drug-likeness (QED) is 0.766. The summed E-state index contributed by atoms with van der Waals surface area (Å²) >= 11 is 0. The van der Waals surface area contributed by atoms with Crippen LogP contribution in [-0.4, -0.2) is 41.6 Å². The van der Waals surface area contributed by atoms with Crippen LogP contribution in [-0.2, 0) is 16.0 Å². The number of rotatable bonds is 6. The number of methoxy groups -OCH3 is 2. The molecule has 3 N–H and O–H groups in total. The Morgan fingerprint density at radius 2 is 2.24 bits per heavy atom. The fourth-order valence-electron chi connectivity index (χ4n) is 1.66. The van der Waals surface area contributed by atoms with Crippen molar-refractivity contribution in [3.63, 3.8) is 0 Å². The maximum Gasteiger partial charge on any atom is 0.356 e. The Hall–Kier alpha value is -2.61. The van der Waals surface area contributed by atoms with Gasteiger partial charge in [0, 0.05) is 13.3 Å². The molecule has 2 aromatic rings. The second kappa shape index (κ2) is 6.71. The number of nitrogens with one attached hydrogen (secondary N) is 1. The van der Waals surface area contributed by atoms with E-state index in [1.54, 1.807) is 30.3 Å². The molecule has 0 bridgehead atoms. The number of esters is 1. The highest BCUT2D eigenvalue weighted by atomic mass is 16.5. The van der Waals surface area contributed by atoms with Crippen LogP contribution in [0.1, 0.15) is 10.5 Å². The van der Waals surface area contributed by atoms with E-state index in [9.17, 15) is 4.79 Å². The Bertz CT molecular complexity index is 626. The molecule has 21 heavy (non-hydrogen) atoms. The lowest BCUT2D eigenvalue weighted by molar-refractivity contribution is 0.0594. The van der Waals surface area contributed by atoms with E-state index >= 15 is 0 Å². The van der Waals surface area contributed by atoms with Gasteiger partial charge in [-0.05, 0) is 12.1 Å². The van der Waals surface area contributed by atoms with Crippen LogP contribution < -0.4 is 11.1 Å². The van der Waals surface area contributed by atoms with Crippen LogP contribution in [0.5, 0.6) is 0 Å². The summed E-state index contributed by atoms with van der Waals surface area (Å²) < 4.78 is 11.3. The van der Waals surface area contributed by atoms with Gasteiger partial charge in [-0.2, -0.15) is 5.10 Å². The van der Waals surface area contributed by atoms with Gasteiger partial charge in [-0.25, -0.2) is 9.78 Å². The molecule has 0 saturated heterocycles. The van der Waals surface area contributed by atoms with E-state index in [1.165, 1.54) is 13.2 Å². The van der Waals surface area contributed by atoms with Crippen LogP contribution in [0.15, 0.2) is 24.5 Å². The summed E-state index contributed by atoms with van der Waals surface area (Å²) in [6.07, 6.45) is 3.44. The number of pyridine rings is 1. The minimum atomic E-state index is -0.520. The van der Waals surface area contributed by atoms with Gasteiger partial charge in [0.2, 0.25) is 0 Å². The molecule has 0 aliphatic heterocycles. The van der Waals surface area contributed by atoms with Gasteiger partial charge < -0.3 is 20.5 Å². The van der Waals surface area contributed by atoms with E-state index in [0.29, 0.717) is 30.3 Å². The topological polar surface area (TPSA) is 104 Å². The molecule has 0 atom stereocenters. The van der Waals surface area contributed by atoms with Crippen molar-refractivity contribution in [3.05, 3.63) is 30.2 Å². The van der Waals surface area contributed by atoms with E-state index < -0.39 is 5.97 Å². The Kier molecular flexibility index (Phi) is 4.72. The zero-order chi connectivity index (χ0) is 15.2. The van der Waals surface area contributed by atoms with E-state index in [2.05, 4.69) is 20.1 Å². The number of hydrogen-bond donors (Lipinski definition) is 2. The largest absolute Gasteiger partial charge is 0.464 e. The molecule has 2 rings (SSSR count). The molecule has 0 aliphatic carbocycles. The normalized spacial score (nSPS) is 10.4. The first kappa shape index (κ1) is 14.8. The van der Waals surface area contributed by atoms with Gasteiger partial charge in [0.1, 0.15) is 0 Å². The van der Waals surface area contributed by atoms with Crippen LogP contribution in [0.2, 0.25) is 0 Å². The predicted molar refractivity (Wildman–Crippen MR) is 77.4 cm³/mol. The first-order valence-corrected chi connectivity index (χ1v) is 6.27. The van der Waals surface area contributed by atoms with Crippen LogP contribution >= 0.6 is 0 Å². The van der Waals surface area contributed by atoms with E-state index in [0.717, 1.165) is 0 Å². The fraction of sp³-hybridized carbons (Fsp3) is 0.308. The molecular weight excluding hydrogens is 274 g/mol. The summed E-state index contributed by atoms with van der Waals surface area (Å²) in [4.78, 5) is 15.6. The van der Waals surface area contributed by atoms with Gasteiger partial charge in [0.15, 0.2) is 11.5 Å². The summed E-state index contributed by atoms with van der Waals surface area (Å²) in [7, 11) is 2.93. The average molecular weight is 291 g/mol. The van der Waals surface area contributed by atoms with Crippen molar-refractivity contribution in [2.75, 3.05) is 31.9 Å². The van der Waals surface area contributed by atoms with Crippen molar-refractivity contribution < 1.29 is 14.3 Å². The number of hydrogen-bond acceptors (Lipinski definition) is 7. The summed E-state index contributed by atoms with van der Waals surface area (Å²) in [6, 6.07) is 3.10. The van der Waals surface area contributed by atoms with Gasteiger partial charge in [0.25, 0.3) is 0 Å². The van der Waals surface area contributed by atoms with E-state index in [-0.39, 0.29) is 5.69 Å². The number of aromatic nitrogens is 3. The lowest BCUT2D eigenvalue weighted by Gasteiger charge is -2.07. The Balaban J connectivity index is 2.14. The van der Waals surface area contributed by atoms with Gasteiger partial charge in [-0.1, -0.05) is 0 Å². The molecule has 0 spiro atoms. The molecule has 2 aromatic heterocycles. The molecule has 0 aliphatic rings. The molecule has 0 unspecified atom stereocenters.